The summed E-state index contributed by atoms with van der Waals surface area (Å²) in [5, 5.41) is 2.98. The zero-order chi connectivity index (χ0) is 23.2. The fraction of sp³-hybridized carbons (Fsp3) is 0.400. The van der Waals surface area contributed by atoms with Crippen molar-refractivity contribution < 1.29 is 19.0 Å². The van der Waals surface area contributed by atoms with E-state index in [-0.39, 0.29) is 5.91 Å². The van der Waals surface area contributed by atoms with Crippen LogP contribution in [0.2, 0.25) is 0 Å². The molecule has 8 nitrogen and oxygen atoms in total. The Morgan fingerprint density at radius 3 is 2.06 bits per heavy atom. The SMILES string of the molecule is CCOc1cc(C(=O)Nc2nc3ccccc3nc2N2CCCC2)cc(OCC)c1OCC. The van der Waals surface area contributed by atoms with Gasteiger partial charge in [0.15, 0.2) is 23.1 Å². The quantitative estimate of drug-likeness (QED) is 0.507. The van der Waals surface area contributed by atoms with Crippen LogP contribution in [-0.4, -0.2) is 48.8 Å². The van der Waals surface area contributed by atoms with E-state index in [9.17, 15) is 4.79 Å². The Balaban J connectivity index is 1.72. The molecule has 1 aliphatic heterocycles. The molecule has 0 atom stereocenters. The average Bonchev–Trinajstić information content (AvgIpc) is 3.35. The molecule has 1 N–H and O–H groups in total. The van der Waals surface area contributed by atoms with Gasteiger partial charge in [0.25, 0.3) is 5.91 Å². The number of fused-ring (bicyclic) bond motifs is 1. The van der Waals surface area contributed by atoms with Crippen LogP contribution in [-0.2, 0) is 0 Å². The van der Waals surface area contributed by atoms with Gasteiger partial charge >= 0.3 is 0 Å². The molecule has 8 heteroatoms. The third-order valence-corrected chi connectivity index (χ3v) is 5.36. The molecule has 0 aliphatic carbocycles. The third-order valence-electron chi connectivity index (χ3n) is 5.36. The number of nitrogens with zero attached hydrogens (tertiary/aromatic N) is 3. The van der Waals surface area contributed by atoms with Crippen molar-refractivity contribution in [1.82, 2.24) is 9.97 Å². The first-order valence-electron chi connectivity index (χ1n) is 11.5. The highest BCUT2D eigenvalue weighted by atomic mass is 16.5. The maximum atomic E-state index is 13.4. The molecular weight excluding hydrogens is 420 g/mol. The van der Waals surface area contributed by atoms with Crippen molar-refractivity contribution in [3.05, 3.63) is 42.0 Å². The van der Waals surface area contributed by atoms with Crippen LogP contribution in [0.15, 0.2) is 36.4 Å². The van der Waals surface area contributed by atoms with E-state index in [2.05, 4.69) is 10.2 Å². The standard InChI is InChI=1S/C25H30N4O4/c1-4-31-20-15-17(16-21(32-5-2)22(20)33-6-3)25(30)28-23-24(29-13-9-10-14-29)27-19-12-8-7-11-18(19)26-23/h7-8,11-12,15-16H,4-6,9-10,13-14H2,1-3H3,(H,26,28,30). The molecule has 0 bridgehead atoms. The summed E-state index contributed by atoms with van der Waals surface area (Å²) in [6.45, 7) is 8.77. The predicted molar refractivity (Wildman–Crippen MR) is 129 cm³/mol. The topological polar surface area (TPSA) is 85.8 Å². The van der Waals surface area contributed by atoms with E-state index in [1.807, 2.05) is 45.0 Å². The van der Waals surface area contributed by atoms with E-state index in [0.717, 1.165) is 37.0 Å². The minimum atomic E-state index is -0.315. The normalized spacial score (nSPS) is 13.2. The summed E-state index contributed by atoms with van der Waals surface area (Å²) in [4.78, 5) is 25.1. The van der Waals surface area contributed by atoms with Gasteiger partial charge in [0.2, 0.25) is 5.75 Å². The summed E-state index contributed by atoms with van der Waals surface area (Å²) < 4.78 is 17.3. The van der Waals surface area contributed by atoms with E-state index in [4.69, 9.17) is 24.2 Å². The molecule has 33 heavy (non-hydrogen) atoms. The van der Waals surface area contributed by atoms with Crippen LogP contribution in [0.1, 0.15) is 44.0 Å². The van der Waals surface area contributed by atoms with E-state index in [1.54, 1.807) is 12.1 Å². The Kier molecular flexibility index (Phi) is 7.12. The molecule has 0 radical (unpaired) electrons. The first kappa shape index (κ1) is 22.6. The minimum Gasteiger partial charge on any atom is -0.490 e. The molecule has 0 saturated carbocycles. The van der Waals surface area contributed by atoms with Crippen molar-refractivity contribution in [3.8, 4) is 17.2 Å². The van der Waals surface area contributed by atoms with Gasteiger partial charge in [0.1, 0.15) is 0 Å². The highest BCUT2D eigenvalue weighted by Gasteiger charge is 2.23. The van der Waals surface area contributed by atoms with Crippen molar-refractivity contribution in [1.29, 1.82) is 0 Å². The number of para-hydroxylation sites is 2. The Hall–Kier alpha value is -3.55. The summed E-state index contributed by atoms with van der Waals surface area (Å²) >= 11 is 0. The highest BCUT2D eigenvalue weighted by Crippen LogP contribution is 2.39. The number of aromatic nitrogens is 2. The second-order valence-electron chi connectivity index (χ2n) is 7.63. The van der Waals surface area contributed by atoms with Crippen molar-refractivity contribution >= 4 is 28.6 Å². The van der Waals surface area contributed by atoms with Crippen LogP contribution in [0.3, 0.4) is 0 Å². The number of carbonyl (C=O) groups excluding carboxylic acids is 1. The molecule has 174 valence electrons. The fourth-order valence-electron chi connectivity index (χ4n) is 3.92. The molecule has 3 aromatic rings. The van der Waals surface area contributed by atoms with Crippen LogP contribution in [0, 0.1) is 0 Å². The minimum absolute atomic E-state index is 0.315. The fourth-order valence-corrected chi connectivity index (χ4v) is 3.92. The summed E-state index contributed by atoms with van der Waals surface area (Å²) in [6.07, 6.45) is 2.19. The van der Waals surface area contributed by atoms with Crippen molar-refractivity contribution in [3.63, 3.8) is 0 Å². The lowest BCUT2D eigenvalue weighted by molar-refractivity contribution is 0.102. The summed E-state index contributed by atoms with van der Waals surface area (Å²) in [5.74, 6) is 2.27. The molecule has 1 fully saturated rings. The maximum absolute atomic E-state index is 13.4. The van der Waals surface area contributed by atoms with Crippen molar-refractivity contribution in [2.45, 2.75) is 33.6 Å². The Bertz CT molecular complexity index is 1100. The van der Waals surface area contributed by atoms with Crippen LogP contribution in [0.4, 0.5) is 11.6 Å². The van der Waals surface area contributed by atoms with Gasteiger partial charge in [-0.05, 0) is 57.9 Å². The number of carbonyl (C=O) groups is 1. The zero-order valence-corrected chi connectivity index (χ0v) is 19.4. The largest absolute Gasteiger partial charge is 0.490 e. The first-order chi connectivity index (χ1) is 16.1. The van der Waals surface area contributed by atoms with Crippen LogP contribution < -0.4 is 24.4 Å². The predicted octanol–water partition coefficient (Wildman–Crippen LogP) is 4.68. The lowest BCUT2D eigenvalue weighted by Gasteiger charge is -2.20. The number of rotatable bonds is 9. The van der Waals surface area contributed by atoms with Crippen LogP contribution in [0.5, 0.6) is 17.2 Å². The van der Waals surface area contributed by atoms with Gasteiger partial charge in [-0.3, -0.25) is 4.79 Å². The molecule has 1 aliphatic rings. The van der Waals surface area contributed by atoms with Gasteiger partial charge in [0, 0.05) is 18.7 Å². The van der Waals surface area contributed by atoms with Gasteiger partial charge in [-0.15, -0.1) is 0 Å². The molecular formula is C25H30N4O4. The monoisotopic (exact) mass is 450 g/mol. The molecule has 0 unspecified atom stereocenters. The summed E-state index contributed by atoms with van der Waals surface area (Å²) in [5.41, 5.74) is 1.93. The lowest BCUT2D eigenvalue weighted by Crippen LogP contribution is -2.23. The lowest BCUT2D eigenvalue weighted by atomic mass is 10.1. The van der Waals surface area contributed by atoms with Crippen LogP contribution in [0.25, 0.3) is 11.0 Å². The number of hydrogen-bond donors (Lipinski definition) is 1. The van der Waals surface area contributed by atoms with E-state index in [0.29, 0.717) is 54.3 Å². The molecule has 1 saturated heterocycles. The summed E-state index contributed by atoms with van der Waals surface area (Å²) in [6, 6.07) is 11.0. The third kappa shape index (κ3) is 4.94. The molecule has 0 spiro atoms. The second kappa shape index (κ2) is 10.4. The molecule has 1 aromatic heterocycles. The van der Waals surface area contributed by atoms with Crippen molar-refractivity contribution in [2.75, 3.05) is 43.1 Å². The van der Waals surface area contributed by atoms with Gasteiger partial charge in [0.05, 0.1) is 30.9 Å². The smallest absolute Gasteiger partial charge is 0.257 e. The van der Waals surface area contributed by atoms with E-state index >= 15 is 0 Å². The molecule has 4 rings (SSSR count). The second-order valence-corrected chi connectivity index (χ2v) is 7.63. The van der Waals surface area contributed by atoms with Gasteiger partial charge in [-0.25, -0.2) is 9.97 Å². The number of anilines is 2. The zero-order valence-electron chi connectivity index (χ0n) is 19.4. The molecule has 2 heterocycles. The number of amides is 1. The average molecular weight is 451 g/mol. The first-order valence-corrected chi connectivity index (χ1v) is 11.5. The van der Waals surface area contributed by atoms with E-state index < -0.39 is 0 Å². The summed E-state index contributed by atoms with van der Waals surface area (Å²) in [7, 11) is 0. The number of ether oxygens (including phenoxy) is 3. The van der Waals surface area contributed by atoms with Crippen molar-refractivity contribution in [2.24, 2.45) is 0 Å². The number of benzene rings is 2. The number of nitrogens with one attached hydrogen (secondary N) is 1. The van der Waals surface area contributed by atoms with Gasteiger partial charge in [-0.2, -0.15) is 0 Å². The Morgan fingerprint density at radius 1 is 0.909 bits per heavy atom. The molecule has 2 aromatic carbocycles. The van der Waals surface area contributed by atoms with E-state index in [1.165, 1.54) is 0 Å². The maximum Gasteiger partial charge on any atom is 0.257 e. The Morgan fingerprint density at radius 2 is 1.48 bits per heavy atom. The van der Waals surface area contributed by atoms with Gasteiger partial charge < -0.3 is 24.4 Å². The highest BCUT2D eigenvalue weighted by molar-refractivity contribution is 6.06. The number of hydrogen-bond acceptors (Lipinski definition) is 7. The van der Waals surface area contributed by atoms with Crippen LogP contribution >= 0.6 is 0 Å². The molecule has 1 amide bonds. The Labute approximate surface area is 193 Å². The van der Waals surface area contributed by atoms with Gasteiger partial charge in [-0.1, -0.05) is 12.1 Å².